The number of aliphatic hydroxyl groups is 1. The quantitative estimate of drug-likeness (QED) is 0.322. The Morgan fingerprint density at radius 1 is 1.07 bits per heavy atom. The number of ether oxygens (including phenoxy) is 3. The molecule has 0 saturated carbocycles. The molecule has 0 spiro atoms. The standard InChI is InChI=1S/C10H18O4/c1-3-5-12-6-7-13-8-9-14-10(11)4-2/h3-4,10-11H,1-2,5-9H2. The maximum absolute atomic E-state index is 8.90. The van der Waals surface area contributed by atoms with Crippen LogP contribution in [0.15, 0.2) is 25.3 Å². The topological polar surface area (TPSA) is 47.9 Å². The first-order valence-corrected chi connectivity index (χ1v) is 4.50. The van der Waals surface area contributed by atoms with E-state index in [9.17, 15) is 0 Å². The van der Waals surface area contributed by atoms with Crippen molar-refractivity contribution in [3.63, 3.8) is 0 Å². The van der Waals surface area contributed by atoms with Gasteiger partial charge in [0.05, 0.1) is 33.0 Å². The van der Waals surface area contributed by atoms with Crippen LogP contribution in [0.3, 0.4) is 0 Å². The molecule has 1 unspecified atom stereocenters. The molecular formula is C10H18O4. The largest absolute Gasteiger partial charge is 0.377 e. The van der Waals surface area contributed by atoms with Crippen LogP contribution in [0.5, 0.6) is 0 Å². The lowest BCUT2D eigenvalue weighted by Gasteiger charge is -2.07. The van der Waals surface area contributed by atoms with Crippen LogP contribution >= 0.6 is 0 Å². The summed E-state index contributed by atoms with van der Waals surface area (Å²) >= 11 is 0. The second-order valence-corrected chi connectivity index (χ2v) is 2.47. The lowest BCUT2D eigenvalue weighted by molar-refractivity contribution is -0.0833. The fraction of sp³-hybridized carbons (Fsp3) is 0.600. The predicted octanol–water partition coefficient (Wildman–Crippen LogP) is 0.727. The van der Waals surface area contributed by atoms with Gasteiger partial charge in [0, 0.05) is 0 Å². The minimum Gasteiger partial charge on any atom is -0.377 e. The van der Waals surface area contributed by atoms with Crippen LogP contribution in [-0.4, -0.2) is 44.4 Å². The number of rotatable bonds is 10. The van der Waals surface area contributed by atoms with E-state index in [-0.39, 0.29) is 0 Å². The zero-order chi connectivity index (χ0) is 10.6. The number of hydrogen-bond acceptors (Lipinski definition) is 4. The summed E-state index contributed by atoms with van der Waals surface area (Å²) in [4.78, 5) is 0. The Hall–Kier alpha value is -0.680. The van der Waals surface area contributed by atoms with Crippen LogP contribution in [0, 0.1) is 0 Å². The smallest absolute Gasteiger partial charge is 0.173 e. The van der Waals surface area contributed by atoms with Gasteiger partial charge in [0.25, 0.3) is 0 Å². The highest BCUT2D eigenvalue weighted by Crippen LogP contribution is 1.87. The molecule has 0 saturated heterocycles. The first-order valence-electron chi connectivity index (χ1n) is 4.50. The van der Waals surface area contributed by atoms with Crippen molar-refractivity contribution < 1.29 is 19.3 Å². The average molecular weight is 202 g/mol. The Morgan fingerprint density at radius 2 is 1.71 bits per heavy atom. The molecule has 0 aliphatic carbocycles. The van der Waals surface area contributed by atoms with E-state index in [1.54, 1.807) is 6.08 Å². The van der Waals surface area contributed by atoms with Crippen LogP contribution in [0.1, 0.15) is 0 Å². The molecule has 4 heteroatoms. The first-order chi connectivity index (χ1) is 6.81. The van der Waals surface area contributed by atoms with Crippen molar-refractivity contribution in [1.82, 2.24) is 0 Å². The van der Waals surface area contributed by atoms with E-state index in [4.69, 9.17) is 19.3 Å². The molecule has 0 aromatic rings. The molecule has 4 nitrogen and oxygen atoms in total. The van der Waals surface area contributed by atoms with Gasteiger partial charge in [-0.25, -0.2) is 0 Å². The van der Waals surface area contributed by atoms with Crippen LogP contribution in [0.4, 0.5) is 0 Å². The van der Waals surface area contributed by atoms with Gasteiger partial charge in [0.15, 0.2) is 6.29 Å². The fourth-order valence-corrected chi connectivity index (χ4v) is 0.682. The summed E-state index contributed by atoms with van der Waals surface area (Å²) in [6.07, 6.45) is 2.09. The summed E-state index contributed by atoms with van der Waals surface area (Å²) < 4.78 is 15.1. The fourth-order valence-electron chi connectivity index (χ4n) is 0.682. The Morgan fingerprint density at radius 3 is 2.36 bits per heavy atom. The van der Waals surface area contributed by atoms with Crippen LogP contribution in [0.25, 0.3) is 0 Å². The lowest BCUT2D eigenvalue weighted by Crippen LogP contribution is -2.14. The average Bonchev–Trinajstić information content (AvgIpc) is 2.21. The van der Waals surface area contributed by atoms with Gasteiger partial charge in [0.2, 0.25) is 0 Å². The molecule has 0 aliphatic heterocycles. The third-order valence-electron chi connectivity index (χ3n) is 1.33. The van der Waals surface area contributed by atoms with Crippen molar-refractivity contribution in [1.29, 1.82) is 0 Å². The second-order valence-electron chi connectivity index (χ2n) is 2.47. The highest BCUT2D eigenvalue weighted by Gasteiger charge is 1.95. The summed E-state index contributed by atoms with van der Waals surface area (Å²) in [7, 11) is 0. The van der Waals surface area contributed by atoms with E-state index in [0.717, 1.165) is 0 Å². The highest BCUT2D eigenvalue weighted by molar-refractivity contribution is 4.69. The van der Waals surface area contributed by atoms with E-state index < -0.39 is 6.29 Å². The molecule has 0 radical (unpaired) electrons. The number of aliphatic hydroxyl groups excluding tert-OH is 1. The minimum atomic E-state index is -0.907. The second kappa shape index (κ2) is 10.4. The van der Waals surface area contributed by atoms with E-state index >= 15 is 0 Å². The van der Waals surface area contributed by atoms with Crippen LogP contribution in [-0.2, 0) is 14.2 Å². The molecule has 0 aromatic heterocycles. The van der Waals surface area contributed by atoms with Crippen molar-refractivity contribution >= 4 is 0 Å². The molecule has 0 amide bonds. The van der Waals surface area contributed by atoms with Crippen molar-refractivity contribution in [2.24, 2.45) is 0 Å². The summed E-state index contributed by atoms with van der Waals surface area (Å²) in [6, 6.07) is 0. The first kappa shape index (κ1) is 13.3. The van der Waals surface area contributed by atoms with Gasteiger partial charge in [-0.1, -0.05) is 12.7 Å². The molecule has 1 atom stereocenters. The van der Waals surface area contributed by atoms with E-state index in [2.05, 4.69) is 13.2 Å². The van der Waals surface area contributed by atoms with Gasteiger partial charge in [0.1, 0.15) is 0 Å². The van der Waals surface area contributed by atoms with Crippen LogP contribution in [0.2, 0.25) is 0 Å². The summed E-state index contributed by atoms with van der Waals surface area (Å²) in [5, 5.41) is 8.90. The van der Waals surface area contributed by atoms with Crippen molar-refractivity contribution in [3.8, 4) is 0 Å². The van der Waals surface area contributed by atoms with Gasteiger partial charge in [-0.3, -0.25) is 0 Å². The molecule has 1 N–H and O–H groups in total. The molecule has 0 aromatic carbocycles. The zero-order valence-electron chi connectivity index (χ0n) is 8.35. The van der Waals surface area contributed by atoms with Gasteiger partial charge < -0.3 is 19.3 Å². The highest BCUT2D eigenvalue weighted by atomic mass is 16.6. The van der Waals surface area contributed by atoms with Gasteiger partial charge in [-0.2, -0.15) is 0 Å². The normalized spacial score (nSPS) is 12.4. The maximum Gasteiger partial charge on any atom is 0.173 e. The molecule has 0 rings (SSSR count). The van der Waals surface area contributed by atoms with Crippen molar-refractivity contribution in [2.45, 2.75) is 6.29 Å². The predicted molar refractivity (Wildman–Crippen MR) is 54.0 cm³/mol. The van der Waals surface area contributed by atoms with Gasteiger partial charge >= 0.3 is 0 Å². The molecule has 0 fully saturated rings. The Balaban J connectivity index is 2.98. The third kappa shape index (κ3) is 9.41. The number of hydrogen-bond donors (Lipinski definition) is 1. The van der Waals surface area contributed by atoms with Crippen molar-refractivity contribution in [2.75, 3.05) is 33.0 Å². The zero-order valence-corrected chi connectivity index (χ0v) is 8.35. The summed E-state index contributed by atoms with van der Waals surface area (Å²) in [5.74, 6) is 0. The van der Waals surface area contributed by atoms with E-state index in [0.29, 0.717) is 33.0 Å². The molecular weight excluding hydrogens is 184 g/mol. The van der Waals surface area contributed by atoms with Crippen molar-refractivity contribution in [3.05, 3.63) is 25.3 Å². The van der Waals surface area contributed by atoms with Gasteiger partial charge in [-0.15, -0.1) is 6.58 Å². The van der Waals surface area contributed by atoms with Crippen LogP contribution < -0.4 is 0 Å². The lowest BCUT2D eigenvalue weighted by atomic mass is 10.6. The maximum atomic E-state index is 8.90. The third-order valence-corrected chi connectivity index (χ3v) is 1.33. The Kier molecular flexibility index (Phi) is 9.90. The molecule has 82 valence electrons. The molecule has 0 heterocycles. The SMILES string of the molecule is C=CCOCCOCCOC(O)C=C. The van der Waals surface area contributed by atoms with Gasteiger partial charge in [-0.05, 0) is 6.08 Å². The minimum absolute atomic E-state index is 0.342. The Bertz CT molecular complexity index is 147. The van der Waals surface area contributed by atoms with E-state index in [1.165, 1.54) is 6.08 Å². The molecule has 0 bridgehead atoms. The molecule has 0 aliphatic rings. The van der Waals surface area contributed by atoms with E-state index in [1.807, 2.05) is 0 Å². The monoisotopic (exact) mass is 202 g/mol. The summed E-state index contributed by atoms with van der Waals surface area (Å²) in [6.45, 7) is 9.24. The molecule has 14 heavy (non-hydrogen) atoms. The summed E-state index contributed by atoms with van der Waals surface area (Å²) in [5.41, 5.74) is 0. The Labute approximate surface area is 84.8 Å².